The number of hydrogen-bond donors (Lipinski definition) is 0. The zero-order valence-corrected chi connectivity index (χ0v) is 9.90. The lowest BCUT2D eigenvalue weighted by molar-refractivity contribution is 0.339. The van der Waals surface area contributed by atoms with Gasteiger partial charge >= 0.3 is 0 Å². The zero-order valence-electron chi connectivity index (χ0n) is 8.90. The second-order valence-electron chi connectivity index (χ2n) is 5.21. The average Bonchev–Trinajstić information content (AvgIpc) is 2.36. The van der Waals surface area contributed by atoms with Gasteiger partial charge in [-0.2, -0.15) is 0 Å². The minimum atomic E-state index is -0.756. The molecule has 0 bridgehead atoms. The van der Waals surface area contributed by atoms with Gasteiger partial charge in [-0.1, -0.05) is 25.7 Å². The van der Waals surface area contributed by atoms with Crippen molar-refractivity contribution < 1.29 is 0 Å². The molecule has 1 saturated heterocycles. The van der Waals surface area contributed by atoms with Gasteiger partial charge in [0.25, 0.3) is 0 Å². The predicted octanol–water partition coefficient (Wildman–Crippen LogP) is 2.81. The van der Waals surface area contributed by atoms with E-state index in [2.05, 4.69) is 24.5 Å². The molecule has 2 heteroatoms. The van der Waals surface area contributed by atoms with Gasteiger partial charge in [0, 0.05) is 8.07 Å². The Morgan fingerprint density at radius 2 is 1.67 bits per heavy atom. The first-order valence-corrected chi connectivity index (χ1v) is 9.01. The monoisotopic (exact) mass is 185 g/mol. The molecular weight excluding hydrogens is 162 g/mol. The van der Waals surface area contributed by atoms with Crippen LogP contribution in [0.25, 0.3) is 0 Å². The molecule has 0 radical (unpaired) electrons. The molecule has 72 valence electrons. The summed E-state index contributed by atoms with van der Waals surface area (Å²) in [6.45, 7) is 11.5. The maximum absolute atomic E-state index is 2.63. The molecule has 0 saturated carbocycles. The Hall–Kier alpha value is 0.177. The van der Waals surface area contributed by atoms with Gasteiger partial charge in [0.15, 0.2) is 0 Å². The highest BCUT2D eigenvalue weighted by atomic mass is 28.3. The van der Waals surface area contributed by atoms with Crippen LogP contribution in [0.5, 0.6) is 0 Å². The van der Waals surface area contributed by atoms with Crippen LogP contribution in [0.2, 0.25) is 25.7 Å². The van der Waals surface area contributed by atoms with Crippen molar-refractivity contribution in [3.8, 4) is 0 Å². The molecule has 0 N–H and O–H groups in total. The third-order valence-corrected chi connectivity index (χ3v) is 4.45. The summed E-state index contributed by atoms with van der Waals surface area (Å²) in [5.74, 6) is 0. The van der Waals surface area contributed by atoms with Crippen molar-refractivity contribution in [3.63, 3.8) is 0 Å². The van der Waals surface area contributed by atoms with Gasteiger partial charge in [-0.05, 0) is 38.9 Å². The molecule has 12 heavy (non-hydrogen) atoms. The van der Waals surface area contributed by atoms with Crippen molar-refractivity contribution in [2.24, 2.45) is 0 Å². The van der Waals surface area contributed by atoms with E-state index in [1.807, 2.05) is 0 Å². The topological polar surface area (TPSA) is 3.24 Å². The molecule has 0 aromatic carbocycles. The number of likely N-dealkylation sites (tertiary alicyclic amines) is 1. The van der Waals surface area contributed by atoms with Crippen molar-refractivity contribution in [1.82, 2.24) is 4.90 Å². The summed E-state index contributed by atoms with van der Waals surface area (Å²) >= 11 is 0. The summed E-state index contributed by atoms with van der Waals surface area (Å²) in [6.07, 6.45) is 4.32. The Bertz CT molecular complexity index is 122. The summed E-state index contributed by atoms with van der Waals surface area (Å²) in [4.78, 5) is 2.63. The minimum absolute atomic E-state index is 0.756. The Kier molecular flexibility index (Phi) is 3.78. The van der Waals surface area contributed by atoms with Gasteiger partial charge in [0.2, 0.25) is 0 Å². The first kappa shape index (κ1) is 10.3. The SMILES string of the molecule is C[Si](C)(C)CCCN1CCCC1. The second-order valence-corrected chi connectivity index (χ2v) is 10.8. The summed E-state index contributed by atoms with van der Waals surface area (Å²) in [6, 6.07) is 1.50. The van der Waals surface area contributed by atoms with E-state index in [-0.39, 0.29) is 0 Å². The van der Waals surface area contributed by atoms with Crippen LogP contribution in [0.4, 0.5) is 0 Å². The Labute approximate surface area is 78.2 Å². The molecule has 0 unspecified atom stereocenters. The van der Waals surface area contributed by atoms with Crippen molar-refractivity contribution in [3.05, 3.63) is 0 Å². The average molecular weight is 185 g/mol. The van der Waals surface area contributed by atoms with Crippen LogP contribution in [-0.4, -0.2) is 32.6 Å². The Morgan fingerprint density at radius 1 is 1.08 bits per heavy atom. The molecule has 1 aliphatic rings. The van der Waals surface area contributed by atoms with Crippen molar-refractivity contribution in [2.75, 3.05) is 19.6 Å². The van der Waals surface area contributed by atoms with E-state index in [1.54, 1.807) is 0 Å². The molecule has 0 spiro atoms. The van der Waals surface area contributed by atoms with Gasteiger partial charge < -0.3 is 4.90 Å². The van der Waals surface area contributed by atoms with Gasteiger partial charge in [-0.25, -0.2) is 0 Å². The summed E-state index contributed by atoms with van der Waals surface area (Å²) in [5.41, 5.74) is 0. The fourth-order valence-electron chi connectivity index (χ4n) is 1.84. The molecule has 1 heterocycles. The molecule has 0 aromatic rings. The van der Waals surface area contributed by atoms with E-state index in [1.165, 1.54) is 44.9 Å². The van der Waals surface area contributed by atoms with Crippen LogP contribution in [0.15, 0.2) is 0 Å². The third-order valence-electron chi connectivity index (χ3n) is 2.60. The number of rotatable bonds is 4. The first-order chi connectivity index (χ1) is 5.58. The minimum Gasteiger partial charge on any atom is -0.303 e. The van der Waals surface area contributed by atoms with Gasteiger partial charge in [-0.15, -0.1) is 0 Å². The fourth-order valence-corrected chi connectivity index (χ4v) is 3.06. The maximum Gasteiger partial charge on any atom is 0.0443 e. The molecule has 0 aliphatic carbocycles. The second kappa shape index (κ2) is 4.42. The molecule has 1 aliphatic heterocycles. The molecule has 1 fully saturated rings. The van der Waals surface area contributed by atoms with E-state index >= 15 is 0 Å². The highest BCUT2D eigenvalue weighted by Gasteiger charge is 2.15. The molecule has 1 nitrogen and oxygen atoms in total. The largest absolute Gasteiger partial charge is 0.303 e. The number of hydrogen-bond acceptors (Lipinski definition) is 1. The summed E-state index contributed by atoms with van der Waals surface area (Å²) in [5, 5.41) is 0. The fraction of sp³-hybridized carbons (Fsp3) is 1.00. The third kappa shape index (κ3) is 4.26. The van der Waals surface area contributed by atoms with Crippen molar-refractivity contribution in [1.29, 1.82) is 0 Å². The highest BCUT2D eigenvalue weighted by Crippen LogP contribution is 2.14. The van der Waals surface area contributed by atoms with Gasteiger partial charge in [-0.3, -0.25) is 0 Å². The standard InChI is InChI=1S/C10H23NSi/c1-12(2,3)10-6-9-11-7-4-5-8-11/h4-10H2,1-3H3. The first-order valence-electron chi connectivity index (χ1n) is 5.30. The van der Waals surface area contributed by atoms with E-state index in [4.69, 9.17) is 0 Å². The van der Waals surface area contributed by atoms with Crippen LogP contribution in [0, 0.1) is 0 Å². The van der Waals surface area contributed by atoms with Crippen LogP contribution in [0.1, 0.15) is 19.3 Å². The predicted molar refractivity (Wildman–Crippen MR) is 58.4 cm³/mol. The normalized spacial score (nSPS) is 20.2. The lowest BCUT2D eigenvalue weighted by Crippen LogP contribution is -2.25. The van der Waals surface area contributed by atoms with Crippen LogP contribution < -0.4 is 0 Å². The molecule has 0 amide bonds. The maximum atomic E-state index is 2.63. The van der Waals surface area contributed by atoms with E-state index in [0.717, 1.165) is 0 Å². The van der Waals surface area contributed by atoms with Crippen molar-refractivity contribution in [2.45, 2.75) is 44.9 Å². The highest BCUT2D eigenvalue weighted by molar-refractivity contribution is 6.76. The lowest BCUT2D eigenvalue weighted by atomic mass is 10.4. The smallest absolute Gasteiger partial charge is 0.0443 e. The zero-order chi connectivity index (χ0) is 9.03. The Morgan fingerprint density at radius 3 is 2.17 bits per heavy atom. The molecule has 1 rings (SSSR count). The molecule has 0 atom stereocenters. The van der Waals surface area contributed by atoms with Crippen LogP contribution in [-0.2, 0) is 0 Å². The Balaban J connectivity index is 2.02. The van der Waals surface area contributed by atoms with Gasteiger partial charge in [0.05, 0.1) is 0 Å². The quantitative estimate of drug-likeness (QED) is 0.609. The van der Waals surface area contributed by atoms with Crippen molar-refractivity contribution >= 4 is 8.07 Å². The van der Waals surface area contributed by atoms with Crippen LogP contribution >= 0.6 is 0 Å². The molecule has 0 aromatic heterocycles. The lowest BCUT2D eigenvalue weighted by Gasteiger charge is -2.19. The van der Waals surface area contributed by atoms with Gasteiger partial charge in [0.1, 0.15) is 0 Å². The molecular formula is C10H23NSi. The summed E-state index contributed by atoms with van der Waals surface area (Å²) < 4.78 is 0. The van der Waals surface area contributed by atoms with Crippen LogP contribution in [0.3, 0.4) is 0 Å². The van der Waals surface area contributed by atoms with E-state index < -0.39 is 8.07 Å². The summed E-state index contributed by atoms with van der Waals surface area (Å²) in [7, 11) is -0.756. The van der Waals surface area contributed by atoms with E-state index in [0.29, 0.717) is 0 Å². The van der Waals surface area contributed by atoms with E-state index in [9.17, 15) is 0 Å². The number of nitrogens with zero attached hydrogens (tertiary/aromatic N) is 1.